The highest BCUT2D eigenvalue weighted by Gasteiger charge is 2.65. The van der Waals surface area contributed by atoms with Gasteiger partial charge in [-0.3, -0.25) is 4.79 Å². The maximum absolute atomic E-state index is 14.4. The second kappa shape index (κ2) is 4.42. The summed E-state index contributed by atoms with van der Waals surface area (Å²) < 4.78 is 28.9. The third-order valence-electron chi connectivity index (χ3n) is 7.96. The summed E-state index contributed by atoms with van der Waals surface area (Å²) >= 11 is 0. The van der Waals surface area contributed by atoms with E-state index >= 15 is 0 Å². The predicted octanol–water partition coefficient (Wildman–Crippen LogP) is 5.15. The van der Waals surface area contributed by atoms with Gasteiger partial charge >= 0.3 is 0 Å². The Morgan fingerprint density at radius 3 is 2.50 bits per heavy atom. The standard InChI is InChI=1S/C19H26F2O/c1-17-8-5-13(22)11-12(17)3-4-14-15(17)6-9-18(2)16(14)7-10-19(18,20)21/h11,14-16H,3-10H2,1-2H3/t14-,15+,16+,17+,18+/m1/s1. The first kappa shape index (κ1) is 14.8. The van der Waals surface area contributed by atoms with E-state index in [2.05, 4.69) is 6.92 Å². The number of carbonyl (C=O) groups excluding carboxylic acids is 1. The zero-order valence-corrected chi connectivity index (χ0v) is 13.6. The third-order valence-corrected chi connectivity index (χ3v) is 7.96. The maximum atomic E-state index is 14.4. The fraction of sp³-hybridized carbons (Fsp3) is 0.842. The van der Waals surface area contributed by atoms with Gasteiger partial charge in [0.1, 0.15) is 0 Å². The molecular weight excluding hydrogens is 282 g/mol. The lowest BCUT2D eigenvalue weighted by molar-refractivity contribution is -0.151. The summed E-state index contributed by atoms with van der Waals surface area (Å²) in [6.07, 6.45) is 7.75. The van der Waals surface area contributed by atoms with Crippen LogP contribution in [0.1, 0.15) is 65.2 Å². The first-order valence-electron chi connectivity index (χ1n) is 8.90. The van der Waals surface area contributed by atoms with Crippen molar-refractivity contribution in [2.24, 2.45) is 28.6 Å². The fourth-order valence-corrected chi connectivity index (χ4v) is 6.49. The topological polar surface area (TPSA) is 17.1 Å². The lowest BCUT2D eigenvalue weighted by Crippen LogP contribution is -2.52. The highest BCUT2D eigenvalue weighted by Crippen LogP contribution is 2.68. The highest BCUT2D eigenvalue weighted by atomic mass is 19.3. The van der Waals surface area contributed by atoms with Gasteiger partial charge in [-0.15, -0.1) is 0 Å². The maximum Gasteiger partial charge on any atom is 0.253 e. The molecule has 3 saturated carbocycles. The first-order valence-corrected chi connectivity index (χ1v) is 8.90. The van der Waals surface area contributed by atoms with Crippen molar-refractivity contribution < 1.29 is 13.6 Å². The zero-order chi connectivity index (χ0) is 15.8. The molecule has 0 aromatic carbocycles. The van der Waals surface area contributed by atoms with Crippen LogP contribution >= 0.6 is 0 Å². The van der Waals surface area contributed by atoms with Crippen LogP contribution in [0.15, 0.2) is 11.6 Å². The number of ketones is 1. The van der Waals surface area contributed by atoms with Crippen molar-refractivity contribution in [1.29, 1.82) is 0 Å². The molecule has 0 spiro atoms. The van der Waals surface area contributed by atoms with E-state index in [0.29, 0.717) is 31.1 Å². The van der Waals surface area contributed by atoms with Crippen LogP contribution in [0.3, 0.4) is 0 Å². The van der Waals surface area contributed by atoms with Gasteiger partial charge in [0.05, 0.1) is 0 Å². The van der Waals surface area contributed by atoms with Gasteiger partial charge in [-0.2, -0.15) is 0 Å². The van der Waals surface area contributed by atoms with Gasteiger partial charge in [0.15, 0.2) is 5.78 Å². The third kappa shape index (κ3) is 1.71. The molecule has 3 fully saturated rings. The number of hydrogen-bond acceptors (Lipinski definition) is 1. The molecule has 5 atom stereocenters. The number of alkyl halides is 2. The quantitative estimate of drug-likeness (QED) is 0.604. The van der Waals surface area contributed by atoms with E-state index in [9.17, 15) is 13.6 Å². The van der Waals surface area contributed by atoms with Crippen LogP contribution in [0.2, 0.25) is 0 Å². The van der Waals surface area contributed by atoms with Gasteiger partial charge in [-0.25, -0.2) is 8.78 Å². The van der Waals surface area contributed by atoms with Crippen molar-refractivity contribution in [2.75, 3.05) is 0 Å². The summed E-state index contributed by atoms with van der Waals surface area (Å²) in [6, 6.07) is 0. The Kier molecular flexibility index (Phi) is 2.98. The van der Waals surface area contributed by atoms with Gasteiger partial charge < -0.3 is 0 Å². The minimum atomic E-state index is -2.48. The number of halogens is 2. The van der Waals surface area contributed by atoms with Crippen molar-refractivity contribution >= 4 is 5.78 Å². The van der Waals surface area contributed by atoms with Crippen molar-refractivity contribution in [3.05, 3.63) is 11.6 Å². The Labute approximate surface area is 131 Å². The molecule has 0 N–H and O–H groups in total. The predicted molar refractivity (Wildman–Crippen MR) is 81.7 cm³/mol. The average molecular weight is 308 g/mol. The lowest BCUT2D eigenvalue weighted by Gasteiger charge is -2.57. The lowest BCUT2D eigenvalue weighted by atomic mass is 9.47. The Morgan fingerprint density at radius 2 is 1.73 bits per heavy atom. The summed E-state index contributed by atoms with van der Waals surface area (Å²) in [7, 11) is 0. The molecular formula is C19H26F2O. The van der Waals surface area contributed by atoms with Crippen LogP contribution in [0.4, 0.5) is 8.78 Å². The molecule has 22 heavy (non-hydrogen) atoms. The first-order chi connectivity index (χ1) is 10.3. The van der Waals surface area contributed by atoms with Crippen LogP contribution in [-0.2, 0) is 4.79 Å². The minimum Gasteiger partial charge on any atom is -0.295 e. The van der Waals surface area contributed by atoms with Gasteiger partial charge in [-0.05, 0) is 67.8 Å². The van der Waals surface area contributed by atoms with Crippen LogP contribution in [-0.4, -0.2) is 11.7 Å². The molecule has 1 nitrogen and oxygen atoms in total. The molecule has 0 amide bonds. The molecule has 0 unspecified atom stereocenters. The zero-order valence-electron chi connectivity index (χ0n) is 13.6. The van der Waals surface area contributed by atoms with Gasteiger partial charge in [-0.1, -0.05) is 19.4 Å². The number of rotatable bonds is 0. The summed E-state index contributed by atoms with van der Waals surface area (Å²) in [6.45, 7) is 4.15. The largest absolute Gasteiger partial charge is 0.295 e. The summed E-state index contributed by atoms with van der Waals surface area (Å²) in [5, 5.41) is 0. The summed E-state index contributed by atoms with van der Waals surface area (Å²) in [4.78, 5) is 11.8. The number of carbonyl (C=O) groups is 1. The van der Waals surface area contributed by atoms with E-state index in [1.165, 1.54) is 5.57 Å². The molecule has 0 aromatic heterocycles. The fourth-order valence-electron chi connectivity index (χ4n) is 6.49. The van der Waals surface area contributed by atoms with Crippen LogP contribution in [0.5, 0.6) is 0 Å². The van der Waals surface area contributed by atoms with Crippen molar-refractivity contribution in [2.45, 2.75) is 71.1 Å². The Hall–Kier alpha value is -0.730. The molecule has 0 bridgehead atoms. The molecule has 4 rings (SSSR count). The Bertz CT molecular complexity index is 552. The molecule has 0 aromatic rings. The second-order valence-electron chi connectivity index (χ2n) is 8.67. The molecule has 0 radical (unpaired) electrons. The van der Waals surface area contributed by atoms with E-state index < -0.39 is 11.3 Å². The molecule has 122 valence electrons. The van der Waals surface area contributed by atoms with Crippen molar-refractivity contribution in [3.8, 4) is 0 Å². The van der Waals surface area contributed by atoms with Gasteiger partial charge in [0.2, 0.25) is 0 Å². The molecule has 3 heteroatoms. The van der Waals surface area contributed by atoms with E-state index in [1.54, 1.807) is 0 Å². The minimum absolute atomic E-state index is 0.0787. The normalized spacial score (nSPS) is 49.9. The molecule has 4 aliphatic rings. The SMILES string of the molecule is C[C@]12CCC(=O)C=C1CC[C@@H]1[C@@H]2CC[C@@]2(C)[C@H]1CCC2(F)F. The molecule has 0 saturated heterocycles. The van der Waals surface area contributed by atoms with Crippen LogP contribution in [0, 0.1) is 28.6 Å². The highest BCUT2D eigenvalue weighted by molar-refractivity contribution is 5.91. The average Bonchev–Trinajstić information content (AvgIpc) is 2.70. The van der Waals surface area contributed by atoms with E-state index in [0.717, 1.165) is 25.7 Å². The van der Waals surface area contributed by atoms with Gasteiger partial charge in [0, 0.05) is 18.3 Å². The monoisotopic (exact) mass is 308 g/mol. The van der Waals surface area contributed by atoms with E-state index in [4.69, 9.17) is 0 Å². The van der Waals surface area contributed by atoms with Crippen LogP contribution < -0.4 is 0 Å². The summed E-state index contributed by atoms with van der Waals surface area (Å²) in [5.74, 6) is -1.10. The second-order valence-corrected chi connectivity index (χ2v) is 8.67. The van der Waals surface area contributed by atoms with Gasteiger partial charge in [0.25, 0.3) is 5.92 Å². The smallest absolute Gasteiger partial charge is 0.253 e. The van der Waals surface area contributed by atoms with E-state index in [-0.39, 0.29) is 23.5 Å². The number of allylic oxidation sites excluding steroid dienone is 1. The molecule has 0 aliphatic heterocycles. The Balaban J connectivity index is 1.70. The Morgan fingerprint density at radius 1 is 1.00 bits per heavy atom. The molecule has 0 heterocycles. The number of hydrogen-bond donors (Lipinski definition) is 0. The molecule has 4 aliphatic carbocycles. The van der Waals surface area contributed by atoms with Crippen molar-refractivity contribution in [3.63, 3.8) is 0 Å². The van der Waals surface area contributed by atoms with Crippen LogP contribution in [0.25, 0.3) is 0 Å². The summed E-state index contributed by atoms with van der Waals surface area (Å²) in [5.41, 5.74) is 0.630. The van der Waals surface area contributed by atoms with Crippen molar-refractivity contribution in [1.82, 2.24) is 0 Å². The van der Waals surface area contributed by atoms with E-state index in [1.807, 2.05) is 13.0 Å². The number of fused-ring (bicyclic) bond motifs is 5.